The van der Waals surface area contributed by atoms with Gasteiger partial charge in [0.25, 0.3) is 12.7 Å². The third-order valence-corrected chi connectivity index (χ3v) is 7.18. The second kappa shape index (κ2) is 10.0. The molecule has 0 aromatic carbocycles. The van der Waals surface area contributed by atoms with Crippen molar-refractivity contribution in [3.05, 3.63) is 0 Å². The molecule has 1 rings (SSSR count). The van der Waals surface area contributed by atoms with Crippen molar-refractivity contribution in [2.45, 2.75) is 58.3 Å². The van der Waals surface area contributed by atoms with Crippen molar-refractivity contribution in [1.82, 2.24) is 0 Å². The Balaban J connectivity index is 3.77. The number of esters is 5. The number of carbonyl (C=O) groups excluding carboxylic acids is 5. The summed E-state index contributed by atoms with van der Waals surface area (Å²) < 4.78 is 44.8. The molecule has 0 amide bonds. The minimum atomic E-state index is -4.22. The molecule has 1 aliphatic heterocycles. The zero-order valence-electron chi connectivity index (χ0n) is 17.5. The van der Waals surface area contributed by atoms with Gasteiger partial charge in [-0.25, -0.2) is 0 Å². The molecule has 0 spiro atoms. The second-order valence-corrected chi connectivity index (χ2v) is 9.34. The van der Waals surface area contributed by atoms with Gasteiger partial charge in [-0.3, -0.25) is 28.5 Å². The third kappa shape index (κ3) is 5.79. The van der Waals surface area contributed by atoms with Crippen LogP contribution in [0.1, 0.15) is 34.6 Å². The average Bonchev–Trinajstić information content (AvgIpc) is 2.58. The fourth-order valence-corrected chi connectivity index (χ4v) is 5.79. The molecule has 170 valence electrons. The molecular formula is C17H25O12P. The highest BCUT2D eigenvalue weighted by Crippen LogP contribution is 2.65. The first-order valence-electron chi connectivity index (χ1n) is 8.77. The molecule has 30 heavy (non-hydrogen) atoms. The van der Waals surface area contributed by atoms with E-state index in [9.17, 15) is 28.5 Å². The van der Waals surface area contributed by atoms with Crippen LogP contribution in [0.2, 0.25) is 0 Å². The monoisotopic (exact) mass is 452 g/mol. The van der Waals surface area contributed by atoms with Crippen LogP contribution in [0.4, 0.5) is 0 Å². The zero-order valence-corrected chi connectivity index (χ0v) is 18.4. The topological polar surface area (TPSA) is 158 Å². The van der Waals surface area contributed by atoms with Gasteiger partial charge in [-0.15, -0.1) is 0 Å². The van der Waals surface area contributed by atoms with E-state index < -0.39 is 73.6 Å². The van der Waals surface area contributed by atoms with Crippen LogP contribution in [0.3, 0.4) is 0 Å². The van der Waals surface area contributed by atoms with Crippen molar-refractivity contribution in [2.75, 3.05) is 19.9 Å². The van der Waals surface area contributed by atoms with Crippen molar-refractivity contribution in [3.8, 4) is 0 Å². The Morgan fingerprint density at radius 1 is 0.833 bits per heavy atom. The lowest BCUT2D eigenvalue weighted by atomic mass is 10.0. The van der Waals surface area contributed by atoms with Crippen LogP contribution in [0.15, 0.2) is 0 Å². The summed E-state index contributed by atoms with van der Waals surface area (Å²) in [6.45, 7) is 4.31. The number of hydrogen-bond donors (Lipinski definition) is 0. The molecule has 1 aliphatic rings. The Hall–Kier alpha value is -2.46. The third-order valence-electron chi connectivity index (χ3n) is 4.12. The number of rotatable bonds is 7. The molecule has 13 heteroatoms. The van der Waals surface area contributed by atoms with Crippen molar-refractivity contribution < 1.29 is 56.7 Å². The van der Waals surface area contributed by atoms with Crippen LogP contribution >= 0.6 is 7.37 Å². The number of carbonyl (C=O) groups is 5. The van der Waals surface area contributed by atoms with E-state index in [1.54, 1.807) is 0 Å². The molecule has 5 atom stereocenters. The van der Waals surface area contributed by atoms with Gasteiger partial charge in [-0.2, -0.15) is 0 Å². The summed E-state index contributed by atoms with van der Waals surface area (Å²) in [6.07, 6.45) is -5.27. The molecular weight excluding hydrogens is 427 g/mol. The summed E-state index contributed by atoms with van der Waals surface area (Å²) >= 11 is 0. The summed E-state index contributed by atoms with van der Waals surface area (Å²) in [5, 5.41) is -2.36. The number of ether oxygens (including phenoxy) is 5. The number of hydrogen-bond acceptors (Lipinski definition) is 12. The molecule has 1 saturated heterocycles. The zero-order chi connectivity index (χ0) is 23.3. The molecule has 12 nitrogen and oxygen atoms in total. The fourth-order valence-electron chi connectivity index (χ4n) is 3.15. The molecule has 0 radical (unpaired) electrons. The maximum absolute atomic E-state index is 13.8. The van der Waals surface area contributed by atoms with Gasteiger partial charge >= 0.3 is 29.8 Å². The smallest absolute Gasteiger partial charge is 0.304 e. The Morgan fingerprint density at radius 2 is 1.37 bits per heavy atom. The van der Waals surface area contributed by atoms with Gasteiger partial charge < -0.3 is 28.2 Å². The van der Waals surface area contributed by atoms with Gasteiger partial charge in [0.15, 0.2) is 18.3 Å². The van der Waals surface area contributed by atoms with Crippen LogP contribution < -0.4 is 0 Å². The molecule has 0 aromatic heterocycles. The predicted octanol–water partition coefficient (Wildman–Crippen LogP) is 0.542. The standard InChI is InChI=1S/C17H25O12P/c1-9(18)25-8-17(29-13(5)22)16(28-12(4)21)15(27-11(3)20)14(26-10(2)19)7-30(17,23)24-6/h14-16H,7-8H2,1-6H3/t14-,15-,16+,17+,30?/m1/s1. The van der Waals surface area contributed by atoms with Crippen LogP contribution in [-0.2, 0) is 56.7 Å². The summed E-state index contributed by atoms with van der Waals surface area (Å²) in [7, 11) is -3.18. The van der Waals surface area contributed by atoms with Gasteiger partial charge in [0.2, 0.25) is 0 Å². The molecule has 0 N–H and O–H groups in total. The van der Waals surface area contributed by atoms with Gasteiger partial charge in [0, 0.05) is 41.7 Å². The Labute approximate surface area is 172 Å². The van der Waals surface area contributed by atoms with Crippen molar-refractivity contribution in [1.29, 1.82) is 0 Å². The van der Waals surface area contributed by atoms with Gasteiger partial charge in [-0.1, -0.05) is 0 Å². The minimum absolute atomic E-state index is 0.576. The quantitative estimate of drug-likeness (QED) is 0.300. The van der Waals surface area contributed by atoms with E-state index >= 15 is 0 Å². The van der Waals surface area contributed by atoms with Crippen LogP contribution in [0.25, 0.3) is 0 Å². The lowest BCUT2D eigenvalue weighted by Gasteiger charge is -2.49. The summed E-state index contributed by atoms with van der Waals surface area (Å²) in [4.78, 5) is 58.5. The molecule has 0 saturated carbocycles. The lowest BCUT2D eigenvalue weighted by molar-refractivity contribution is -0.214. The van der Waals surface area contributed by atoms with E-state index in [0.717, 1.165) is 41.7 Å². The normalized spacial score (nSPS) is 30.5. The van der Waals surface area contributed by atoms with Crippen LogP contribution in [0, 0.1) is 0 Å². The minimum Gasteiger partial charge on any atom is -0.461 e. The Bertz CT molecular complexity index is 762. The first-order valence-corrected chi connectivity index (χ1v) is 10.6. The largest absolute Gasteiger partial charge is 0.461 e. The molecule has 1 fully saturated rings. The van der Waals surface area contributed by atoms with Gasteiger partial charge in [0.05, 0.1) is 6.16 Å². The van der Waals surface area contributed by atoms with Crippen LogP contribution in [0.5, 0.6) is 0 Å². The highest BCUT2D eigenvalue weighted by Gasteiger charge is 2.69. The fraction of sp³-hybridized carbons (Fsp3) is 0.706. The van der Waals surface area contributed by atoms with E-state index in [0.29, 0.717) is 0 Å². The van der Waals surface area contributed by atoms with E-state index in [-0.39, 0.29) is 0 Å². The SMILES string of the molecule is COP1(=O)C[C@@H](OC(C)=O)[C@@H](OC(C)=O)[C@H](OC(C)=O)[C@@]1(COC(C)=O)OC(C)=O. The van der Waals surface area contributed by atoms with E-state index in [1.165, 1.54) is 0 Å². The van der Waals surface area contributed by atoms with E-state index in [2.05, 4.69) is 0 Å². The molecule has 0 bridgehead atoms. The first-order chi connectivity index (χ1) is 13.8. The van der Waals surface area contributed by atoms with Gasteiger partial charge in [-0.05, 0) is 0 Å². The van der Waals surface area contributed by atoms with Crippen molar-refractivity contribution in [3.63, 3.8) is 0 Å². The van der Waals surface area contributed by atoms with E-state index in [1.807, 2.05) is 0 Å². The average molecular weight is 452 g/mol. The molecule has 1 unspecified atom stereocenters. The van der Waals surface area contributed by atoms with Crippen molar-refractivity contribution >= 4 is 37.2 Å². The first kappa shape index (κ1) is 25.6. The van der Waals surface area contributed by atoms with E-state index in [4.69, 9.17) is 28.2 Å². The highest BCUT2D eigenvalue weighted by molar-refractivity contribution is 7.60. The van der Waals surface area contributed by atoms with Crippen LogP contribution in [-0.4, -0.2) is 73.4 Å². The lowest BCUT2D eigenvalue weighted by Crippen LogP contribution is -2.65. The highest BCUT2D eigenvalue weighted by atomic mass is 31.2. The Morgan fingerprint density at radius 3 is 1.77 bits per heavy atom. The van der Waals surface area contributed by atoms with Crippen molar-refractivity contribution in [2.24, 2.45) is 0 Å². The molecule has 0 aliphatic carbocycles. The van der Waals surface area contributed by atoms with Gasteiger partial charge in [0.1, 0.15) is 6.61 Å². The predicted molar refractivity (Wildman–Crippen MR) is 97.3 cm³/mol. The Kier molecular flexibility index (Phi) is 8.55. The summed E-state index contributed by atoms with van der Waals surface area (Å²) in [5.41, 5.74) is 0. The maximum Gasteiger partial charge on any atom is 0.304 e. The summed E-state index contributed by atoms with van der Waals surface area (Å²) in [5.74, 6) is -4.38. The second-order valence-electron chi connectivity index (χ2n) is 6.51. The molecule has 0 aromatic rings. The summed E-state index contributed by atoms with van der Waals surface area (Å²) in [6, 6.07) is 0. The maximum atomic E-state index is 13.8. The molecule has 1 heterocycles.